The summed E-state index contributed by atoms with van der Waals surface area (Å²) in [7, 11) is -2.55. The first-order valence-corrected chi connectivity index (χ1v) is 9.57. The number of allylic oxidation sites excluding steroid dienone is 1. The lowest BCUT2D eigenvalue weighted by Gasteiger charge is -2.12. The summed E-state index contributed by atoms with van der Waals surface area (Å²) >= 11 is 6.19. The molecule has 2 rings (SSSR count). The van der Waals surface area contributed by atoms with E-state index in [9.17, 15) is 13.7 Å². The Labute approximate surface area is 163 Å². The van der Waals surface area contributed by atoms with Gasteiger partial charge in [0.1, 0.15) is 17.6 Å². The molecule has 0 bridgehead atoms. The second-order valence-electron chi connectivity index (χ2n) is 5.46. The summed E-state index contributed by atoms with van der Waals surface area (Å²) in [6.45, 7) is 1.84. The van der Waals surface area contributed by atoms with Crippen LogP contribution in [0.4, 0.5) is 0 Å². The first-order valence-electron chi connectivity index (χ1n) is 7.70. The van der Waals surface area contributed by atoms with Crippen LogP contribution in [0, 0.1) is 30.6 Å². The fourth-order valence-electron chi connectivity index (χ4n) is 2.24. The Morgan fingerprint density at radius 3 is 2.52 bits per heavy atom. The SMILES string of the molecule is C#CCOc1c(Cl)cc(/C=C(\C#N)S(=O)(=O)c2ccc(C)cc2)cc1OC. The van der Waals surface area contributed by atoms with Crippen molar-refractivity contribution in [2.45, 2.75) is 11.8 Å². The molecule has 0 saturated heterocycles. The van der Waals surface area contributed by atoms with Gasteiger partial charge in [-0.1, -0.05) is 35.2 Å². The average molecular weight is 402 g/mol. The summed E-state index contributed by atoms with van der Waals surface area (Å²) in [5, 5.41) is 9.58. The van der Waals surface area contributed by atoms with Crippen LogP contribution in [0.25, 0.3) is 6.08 Å². The number of halogens is 1. The van der Waals surface area contributed by atoms with Gasteiger partial charge in [-0.3, -0.25) is 0 Å². The Morgan fingerprint density at radius 2 is 1.96 bits per heavy atom. The number of rotatable bonds is 6. The van der Waals surface area contributed by atoms with Crippen LogP contribution in [-0.2, 0) is 9.84 Å². The number of nitrogens with zero attached hydrogens (tertiary/aromatic N) is 1. The number of benzene rings is 2. The van der Waals surface area contributed by atoms with Crippen molar-refractivity contribution in [3.63, 3.8) is 0 Å². The molecule has 27 heavy (non-hydrogen) atoms. The van der Waals surface area contributed by atoms with E-state index in [1.165, 1.54) is 37.5 Å². The fraction of sp³-hybridized carbons (Fsp3) is 0.150. The zero-order valence-electron chi connectivity index (χ0n) is 14.7. The van der Waals surface area contributed by atoms with Crippen LogP contribution in [0.2, 0.25) is 5.02 Å². The van der Waals surface area contributed by atoms with Crippen LogP contribution in [0.5, 0.6) is 11.5 Å². The van der Waals surface area contributed by atoms with E-state index in [1.54, 1.807) is 18.2 Å². The van der Waals surface area contributed by atoms with E-state index in [2.05, 4.69) is 5.92 Å². The highest BCUT2D eigenvalue weighted by atomic mass is 35.5. The first-order chi connectivity index (χ1) is 12.8. The van der Waals surface area contributed by atoms with Crippen molar-refractivity contribution in [3.8, 4) is 29.9 Å². The molecule has 2 aromatic rings. The molecule has 0 aliphatic rings. The minimum absolute atomic E-state index is 0.00346. The van der Waals surface area contributed by atoms with Crippen molar-refractivity contribution < 1.29 is 17.9 Å². The van der Waals surface area contributed by atoms with E-state index in [0.717, 1.165) is 5.56 Å². The molecule has 7 heteroatoms. The summed E-state index contributed by atoms with van der Waals surface area (Å²) in [6, 6.07) is 11.0. The van der Waals surface area contributed by atoms with Crippen molar-refractivity contribution in [1.29, 1.82) is 5.26 Å². The maximum atomic E-state index is 12.7. The lowest BCUT2D eigenvalue weighted by atomic mass is 10.2. The molecule has 0 fully saturated rings. The third kappa shape index (κ3) is 4.62. The molecule has 0 radical (unpaired) electrons. The Balaban J connectivity index is 2.52. The largest absolute Gasteiger partial charge is 0.493 e. The van der Waals surface area contributed by atoms with E-state index in [4.69, 9.17) is 27.5 Å². The minimum atomic E-state index is -3.96. The van der Waals surface area contributed by atoms with Crippen molar-refractivity contribution in [3.05, 3.63) is 57.5 Å². The van der Waals surface area contributed by atoms with Gasteiger partial charge >= 0.3 is 0 Å². The molecule has 0 aliphatic heterocycles. The van der Waals surface area contributed by atoms with E-state index in [1.807, 2.05) is 6.92 Å². The van der Waals surface area contributed by atoms with Crippen LogP contribution in [0.15, 0.2) is 46.2 Å². The topological polar surface area (TPSA) is 76.4 Å². The second-order valence-corrected chi connectivity index (χ2v) is 7.79. The molecule has 5 nitrogen and oxygen atoms in total. The quantitative estimate of drug-likeness (QED) is 0.540. The van der Waals surface area contributed by atoms with Crippen molar-refractivity contribution >= 4 is 27.5 Å². The van der Waals surface area contributed by atoms with Gasteiger partial charge in [0.15, 0.2) is 11.5 Å². The zero-order chi connectivity index (χ0) is 20.0. The van der Waals surface area contributed by atoms with Crippen LogP contribution >= 0.6 is 11.6 Å². The lowest BCUT2D eigenvalue weighted by molar-refractivity contribution is 0.331. The number of ether oxygens (including phenoxy) is 2. The standard InChI is InChI=1S/C20H16ClNO4S/c1-4-9-26-20-18(21)11-15(12-19(20)25-3)10-17(13-22)27(23,24)16-7-5-14(2)6-8-16/h1,5-8,10-12H,9H2,2-3H3/b17-10+. The molecule has 0 N–H and O–H groups in total. The number of terminal acetylenes is 1. The molecule has 0 spiro atoms. The number of aryl methyl sites for hydroxylation is 1. The molecule has 138 valence electrons. The highest BCUT2D eigenvalue weighted by Gasteiger charge is 2.21. The van der Waals surface area contributed by atoms with E-state index in [-0.39, 0.29) is 28.0 Å². The Bertz CT molecular complexity index is 1060. The predicted molar refractivity (Wildman–Crippen MR) is 104 cm³/mol. The van der Waals surface area contributed by atoms with Crippen molar-refractivity contribution in [1.82, 2.24) is 0 Å². The van der Waals surface area contributed by atoms with Gasteiger partial charge in [-0.15, -0.1) is 6.42 Å². The third-order valence-corrected chi connectivity index (χ3v) is 5.54. The molecule has 0 aliphatic carbocycles. The number of hydrogen-bond donors (Lipinski definition) is 0. The van der Waals surface area contributed by atoms with Crippen LogP contribution in [0.1, 0.15) is 11.1 Å². The Kier molecular flexibility index (Phi) is 6.52. The smallest absolute Gasteiger partial charge is 0.216 e. The van der Waals surface area contributed by atoms with E-state index >= 15 is 0 Å². The van der Waals surface area contributed by atoms with Crippen molar-refractivity contribution in [2.75, 3.05) is 13.7 Å². The fourth-order valence-corrected chi connectivity index (χ4v) is 3.68. The highest BCUT2D eigenvalue weighted by Crippen LogP contribution is 2.37. The molecular weight excluding hydrogens is 386 g/mol. The Morgan fingerprint density at radius 1 is 1.30 bits per heavy atom. The number of methoxy groups -OCH3 is 1. The highest BCUT2D eigenvalue weighted by molar-refractivity contribution is 7.95. The lowest BCUT2D eigenvalue weighted by Crippen LogP contribution is -2.04. The maximum absolute atomic E-state index is 12.7. The maximum Gasteiger partial charge on any atom is 0.216 e. The summed E-state index contributed by atoms with van der Waals surface area (Å²) in [5.41, 5.74) is 1.28. The van der Waals surface area contributed by atoms with Gasteiger partial charge in [0.25, 0.3) is 0 Å². The van der Waals surface area contributed by atoms with E-state index in [0.29, 0.717) is 5.56 Å². The number of sulfone groups is 1. The monoisotopic (exact) mass is 401 g/mol. The summed E-state index contributed by atoms with van der Waals surface area (Å²) in [6.07, 6.45) is 6.40. The summed E-state index contributed by atoms with van der Waals surface area (Å²) in [5.74, 6) is 2.84. The van der Waals surface area contributed by atoms with E-state index < -0.39 is 14.7 Å². The minimum Gasteiger partial charge on any atom is -0.493 e. The van der Waals surface area contributed by atoms with Gasteiger partial charge in [-0.25, -0.2) is 8.42 Å². The average Bonchev–Trinajstić information content (AvgIpc) is 2.65. The normalized spacial score (nSPS) is 11.4. The molecule has 0 atom stereocenters. The predicted octanol–water partition coefficient (Wildman–Crippen LogP) is 4.01. The van der Waals surface area contributed by atoms with Crippen LogP contribution < -0.4 is 9.47 Å². The Hall–Kier alpha value is -2.93. The molecule has 2 aromatic carbocycles. The summed E-state index contributed by atoms with van der Waals surface area (Å²) in [4.78, 5) is -0.380. The van der Waals surface area contributed by atoms with Gasteiger partial charge in [-0.05, 0) is 42.8 Å². The van der Waals surface area contributed by atoms with Crippen LogP contribution in [0.3, 0.4) is 0 Å². The molecule has 0 amide bonds. The van der Waals surface area contributed by atoms with Crippen LogP contribution in [-0.4, -0.2) is 22.1 Å². The summed E-state index contributed by atoms with van der Waals surface area (Å²) < 4.78 is 36.0. The van der Waals surface area contributed by atoms with Crippen molar-refractivity contribution in [2.24, 2.45) is 0 Å². The second kappa shape index (κ2) is 8.64. The van der Waals surface area contributed by atoms with Gasteiger partial charge < -0.3 is 9.47 Å². The van der Waals surface area contributed by atoms with Gasteiger partial charge in [-0.2, -0.15) is 5.26 Å². The first kappa shape index (κ1) is 20.4. The molecule has 0 aromatic heterocycles. The van der Waals surface area contributed by atoms with Gasteiger partial charge in [0.05, 0.1) is 17.0 Å². The number of nitriles is 1. The van der Waals surface area contributed by atoms with Gasteiger partial charge in [0.2, 0.25) is 9.84 Å². The molecule has 0 heterocycles. The molecule has 0 unspecified atom stereocenters. The molecular formula is C20H16ClNO4S. The zero-order valence-corrected chi connectivity index (χ0v) is 16.3. The number of hydrogen-bond acceptors (Lipinski definition) is 5. The molecule has 0 saturated carbocycles. The third-order valence-electron chi connectivity index (χ3n) is 3.58. The van der Waals surface area contributed by atoms with Gasteiger partial charge in [0, 0.05) is 0 Å².